The van der Waals surface area contributed by atoms with Crippen LogP contribution < -0.4 is 52.2 Å². The number of ether oxygens (including phenoxy) is 4. The summed E-state index contributed by atoms with van der Waals surface area (Å²) in [7, 11) is 4.98. The molecule has 3 aromatic heterocycles. The van der Waals surface area contributed by atoms with E-state index in [1.165, 1.54) is 58.1 Å². The highest BCUT2D eigenvalue weighted by Gasteiger charge is 2.27. The number of nitrogens with one attached hydrogen (secondary N) is 5. The molecule has 1 aliphatic heterocycles. The Labute approximate surface area is 573 Å². The second-order valence-electron chi connectivity index (χ2n) is 23.6. The number of rotatable bonds is 35. The third kappa shape index (κ3) is 20.5. The molecule has 0 bridgehead atoms. The molecule has 9 rings (SSSR count). The monoisotopic (exact) mass is 1340 g/mol. The van der Waals surface area contributed by atoms with Crippen molar-refractivity contribution in [1.29, 1.82) is 0 Å². The number of carbonyl (C=O) groups excluding carboxylic acids is 4. The van der Waals surface area contributed by atoms with Gasteiger partial charge in [-0.25, -0.2) is 0 Å². The van der Waals surface area contributed by atoms with Crippen molar-refractivity contribution in [3.63, 3.8) is 0 Å². The van der Waals surface area contributed by atoms with Gasteiger partial charge >= 0.3 is 0 Å². The maximum Gasteiger partial charge on any atom is 0.293 e. The molecule has 24 heteroatoms. The molecule has 4 amide bonds. The number of aromatic nitrogens is 3. The Kier molecular flexibility index (Phi) is 26.0. The van der Waals surface area contributed by atoms with Crippen LogP contribution in [-0.4, -0.2) is 130 Å². The summed E-state index contributed by atoms with van der Waals surface area (Å²) >= 11 is 0. The first kappa shape index (κ1) is 71.7. The summed E-state index contributed by atoms with van der Waals surface area (Å²) in [5, 5.41) is 24.0. The predicted octanol–water partition coefficient (Wildman–Crippen LogP) is 7.42. The minimum atomic E-state index is -0.592. The summed E-state index contributed by atoms with van der Waals surface area (Å²) in [6, 6.07) is 47.9. The predicted molar refractivity (Wildman–Crippen MR) is 375 cm³/mol. The Bertz CT molecular complexity index is 4230. The standard InChI is InChI=1S/C75H81N11O13/c1-5-64-65(96-49-54-18-10-6-11-19-54)61(31-39-81(64)2)70(88)78-36-43-84(42-35-77-69(87)60-30-34-76-73(91)66(60)97-50-55-20-12-7-13-21-55)47-58(46-53-26-28-59(29-27-53)86(94)95)48-85(44-37-79-71(89)62-32-40-82(3)74(92)67(62)98-51-56-22-14-8-15-23-56)45-38-80-72(90)63-33-41-83(4)75(93)68(63)99-52-57-24-16-9-17-25-57/h5-34,39-41,58H,35-38,42-52H2,1-4H3,(H,76,91)(H,77,87)(H,78,88)(H,79,89)(H,80,90)/b64-5+. The van der Waals surface area contributed by atoms with Gasteiger partial charge in [-0.15, -0.1) is 0 Å². The molecule has 1 atom stereocenters. The molecule has 0 spiro atoms. The number of likely N-dealkylation sites (N-methyl/N-ethyl adjacent to an activating group) is 1. The third-order valence-corrected chi connectivity index (χ3v) is 16.4. The molecule has 0 saturated carbocycles. The van der Waals surface area contributed by atoms with Crippen LogP contribution in [0.3, 0.4) is 0 Å². The van der Waals surface area contributed by atoms with Gasteiger partial charge in [0.2, 0.25) is 0 Å². The van der Waals surface area contributed by atoms with Gasteiger partial charge in [0.15, 0.2) is 23.0 Å². The number of hydrogen-bond donors (Lipinski definition) is 5. The molecule has 0 saturated heterocycles. The first-order chi connectivity index (χ1) is 48.0. The number of pyridine rings is 3. The first-order valence-electron chi connectivity index (χ1n) is 32.4. The van der Waals surface area contributed by atoms with Crippen molar-refractivity contribution in [2.24, 2.45) is 20.0 Å². The van der Waals surface area contributed by atoms with E-state index in [1.54, 1.807) is 38.5 Å². The van der Waals surface area contributed by atoms with Gasteiger partial charge in [-0.1, -0.05) is 140 Å². The van der Waals surface area contributed by atoms with Crippen LogP contribution in [0.1, 0.15) is 65.8 Å². The number of amides is 4. The Morgan fingerprint density at radius 2 is 0.909 bits per heavy atom. The molecule has 24 nitrogen and oxygen atoms in total. The minimum absolute atomic E-state index is 0.0148. The van der Waals surface area contributed by atoms with Gasteiger partial charge in [0, 0.05) is 124 Å². The number of nitro groups is 1. The quantitative estimate of drug-likeness (QED) is 0.0191. The van der Waals surface area contributed by atoms with Crippen molar-refractivity contribution in [1.82, 2.24) is 50.1 Å². The van der Waals surface area contributed by atoms with Crippen LogP contribution in [0, 0.1) is 16.0 Å². The maximum absolute atomic E-state index is 14.5. The molecule has 0 fully saturated rings. The maximum atomic E-state index is 14.5. The fourth-order valence-electron chi connectivity index (χ4n) is 11.1. The van der Waals surface area contributed by atoms with Crippen molar-refractivity contribution in [3.05, 3.63) is 303 Å². The number of non-ortho nitro benzene ring substituents is 1. The number of carbonyl (C=O) groups is 4. The zero-order chi connectivity index (χ0) is 70.0. The lowest BCUT2D eigenvalue weighted by Crippen LogP contribution is -2.46. The van der Waals surface area contributed by atoms with Crippen LogP contribution in [0.4, 0.5) is 5.69 Å². The average molecular weight is 1340 g/mol. The van der Waals surface area contributed by atoms with Crippen molar-refractivity contribution < 1.29 is 43.0 Å². The number of aryl methyl sites for hydroxylation is 2. The fraction of sp³-hybridized carbons (Fsp3) is 0.267. The van der Waals surface area contributed by atoms with E-state index in [0.29, 0.717) is 23.5 Å². The van der Waals surface area contributed by atoms with Crippen molar-refractivity contribution in [3.8, 4) is 17.2 Å². The van der Waals surface area contributed by atoms with E-state index in [9.17, 15) is 43.7 Å². The van der Waals surface area contributed by atoms with Gasteiger partial charge in [-0.05, 0) is 71.4 Å². The third-order valence-electron chi connectivity index (χ3n) is 16.4. The molecule has 1 unspecified atom stereocenters. The molecule has 0 aliphatic carbocycles. The van der Waals surface area contributed by atoms with Crippen LogP contribution in [0.2, 0.25) is 0 Å². The Balaban J connectivity index is 1.00. The summed E-state index contributed by atoms with van der Waals surface area (Å²) in [6.07, 6.45) is 10.0. The Morgan fingerprint density at radius 3 is 1.32 bits per heavy atom. The highest BCUT2D eigenvalue weighted by Crippen LogP contribution is 2.27. The number of hydrogen-bond acceptors (Lipinski definition) is 16. The summed E-state index contributed by atoms with van der Waals surface area (Å²) in [6.45, 7) is 3.69. The summed E-state index contributed by atoms with van der Waals surface area (Å²) in [5.74, 6) is -2.52. The zero-order valence-corrected chi connectivity index (χ0v) is 55.7. The molecular formula is C75H81N11O13. The van der Waals surface area contributed by atoms with Gasteiger partial charge < -0.3 is 59.2 Å². The fourth-order valence-corrected chi connectivity index (χ4v) is 11.1. The highest BCUT2D eigenvalue weighted by atomic mass is 16.6. The number of nitro benzene ring substituents is 1. The van der Waals surface area contributed by atoms with Gasteiger partial charge in [-0.2, -0.15) is 0 Å². The smallest absolute Gasteiger partial charge is 0.293 e. The van der Waals surface area contributed by atoms with Crippen molar-refractivity contribution >= 4 is 29.3 Å². The SMILES string of the molecule is C/C=C1\C(OCc2ccccc2)=C(C(=O)NCCN(CCNC(=O)c2cc[nH]c(=O)c2OCc2ccccc2)CC(Cc2ccc([N+](=O)[O-])cc2)CN(CCNC(=O)c2ccn(C)c(=O)c2OCc2ccccc2)CCNC(=O)c2ccn(C)c(=O)c2OCc2ccccc2)C=CN1C. The van der Waals surface area contributed by atoms with E-state index < -0.39 is 45.2 Å². The molecule has 99 heavy (non-hydrogen) atoms. The average Bonchev–Trinajstić information content (AvgIpc) is 0.832. The number of aromatic amines is 1. The number of allylic oxidation sites excluding steroid dienone is 1. The van der Waals surface area contributed by atoms with E-state index in [4.69, 9.17) is 18.9 Å². The van der Waals surface area contributed by atoms with Crippen LogP contribution in [0.5, 0.6) is 17.2 Å². The van der Waals surface area contributed by atoms with Crippen LogP contribution >= 0.6 is 0 Å². The lowest BCUT2D eigenvalue weighted by molar-refractivity contribution is -0.384. The molecule has 1 aliphatic rings. The highest BCUT2D eigenvalue weighted by molar-refractivity contribution is 5.99. The van der Waals surface area contributed by atoms with Gasteiger partial charge in [0.1, 0.15) is 26.4 Å². The molecule has 0 radical (unpaired) electrons. The zero-order valence-electron chi connectivity index (χ0n) is 55.7. The molecule has 514 valence electrons. The van der Waals surface area contributed by atoms with E-state index in [-0.39, 0.29) is 137 Å². The largest absolute Gasteiger partial charge is 0.486 e. The topological polar surface area (TPSA) is 283 Å². The van der Waals surface area contributed by atoms with Gasteiger partial charge in [0.05, 0.1) is 32.9 Å². The van der Waals surface area contributed by atoms with Crippen LogP contribution in [0.25, 0.3) is 0 Å². The number of nitrogens with zero attached hydrogens (tertiary/aromatic N) is 6. The van der Waals surface area contributed by atoms with Crippen molar-refractivity contribution in [2.75, 3.05) is 72.5 Å². The molecule has 5 N–H and O–H groups in total. The second-order valence-corrected chi connectivity index (χ2v) is 23.6. The molecule has 5 aromatic carbocycles. The number of H-pyrrole nitrogens is 1. The van der Waals surface area contributed by atoms with E-state index >= 15 is 0 Å². The van der Waals surface area contributed by atoms with Crippen molar-refractivity contribution in [2.45, 2.75) is 39.8 Å². The summed E-state index contributed by atoms with van der Waals surface area (Å²) in [4.78, 5) is 118. The minimum Gasteiger partial charge on any atom is -0.486 e. The lowest BCUT2D eigenvalue weighted by atomic mass is 9.97. The second kappa shape index (κ2) is 35.9. The van der Waals surface area contributed by atoms with E-state index in [0.717, 1.165) is 27.8 Å². The Hall–Kier alpha value is -11.6. The first-order valence-corrected chi connectivity index (χ1v) is 32.4. The van der Waals surface area contributed by atoms with Gasteiger partial charge in [-0.3, -0.25) is 53.5 Å². The van der Waals surface area contributed by atoms with Crippen LogP contribution in [0.15, 0.2) is 232 Å². The van der Waals surface area contributed by atoms with E-state index in [2.05, 4.69) is 31.2 Å². The molecule has 8 aromatic rings. The van der Waals surface area contributed by atoms with Crippen LogP contribution in [-0.2, 0) is 56.5 Å². The summed E-state index contributed by atoms with van der Waals surface area (Å²) in [5.41, 5.74) is 3.34. The Morgan fingerprint density at radius 1 is 0.515 bits per heavy atom. The number of benzene rings is 5. The summed E-state index contributed by atoms with van der Waals surface area (Å²) < 4.78 is 27.1. The van der Waals surface area contributed by atoms with E-state index in [1.807, 2.05) is 151 Å². The lowest BCUT2D eigenvalue weighted by Gasteiger charge is -2.32. The van der Waals surface area contributed by atoms with Gasteiger partial charge in [0.25, 0.3) is 46.0 Å². The molecule has 4 heterocycles. The molecular weight excluding hydrogens is 1260 g/mol. The normalized spacial score (nSPS) is 12.7.